The zero-order chi connectivity index (χ0) is 7.68. The molecule has 0 saturated carbocycles. The van der Waals surface area contributed by atoms with Crippen molar-refractivity contribution in [2.45, 2.75) is 32.6 Å². The summed E-state index contributed by atoms with van der Waals surface area (Å²) in [5.74, 6) is 1.21. The van der Waals surface area contributed by atoms with E-state index in [4.69, 9.17) is 4.74 Å². The molecule has 0 aromatic carbocycles. The number of hydrogen-bond acceptors (Lipinski definition) is 1. The number of ether oxygens (including phenoxy) is 1. The van der Waals surface area contributed by atoms with Gasteiger partial charge in [0.05, 0.1) is 6.61 Å². The summed E-state index contributed by atoms with van der Waals surface area (Å²) < 4.78 is 5.61. The molecule has 0 radical (unpaired) electrons. The summed E-state index contributed by atoms with van der Waals surface area (Å²) >= 11 is 0. The lowest BCUT2D eigenvalue weighted by atomic mass is 9.94. The second-order valence-corrected chi connectivity index (χ2v) is 3.33. The maximum absolute atomic E-state index is 5.61. The molecule has 1 nitrogen and oxygen atoms in total. The van der Waals surface area contributed by atoms with Crippen LogP contribution in [0.25, 0.3) is 0 Å². The molecule has 11 heavy (non-hydrogen) atoms. The SMILES string of the molecule is CC1=C2OCCCC2=CCC1. The fourth-order valence-corrected chi connectivity index (χ4v) is 1.81. The first-order chi connectivity index (χ1) is 5.38. The van der Waals surface area contributed by atoms with Gasteiger partial charge in [0.1, 0.15) is 5.76 Å². The summed E-state index contributed by atoms with van der Waals surface area (Å²) in [4.78, 5) is 0. The van der Waals surface area contributed by atoms with Crippen LogP contribution in [-0.4, -0.2) is 6.61 Å². The molecule has 0 N–H and O–H groups in total. The third-order valence-corrected chi connectivity index (χ3v) is 2.43. The lowest BCUT2D eigenvalue weighted by Gasteiger charge is -2.24. The Morgan fingerprint density at radius 3 is 3.09 bits per heavy atom. The first-order valence-electron chi connectivity index (χ1n) is 4.40. The lowest BCUT2D eigenvalue weighted by Crippen LogP contribution is -2.10. The van der Waals surface area contributed by atoms with Crippen LogP contribution in [0.3, 0.4) is 0 Å². The fraction of sp³-hybridized carbons (Fsp3) is 0.600. The van der Waals surface area contributed by atoms with Crippen molar-refractivity contribution in [2.24, 2.45) is 0 Å². The van der Waals surface area contributed by atoms with E-state index in [1.54, 1.807) is 0 Å². The maximum Gasteiger partial charge on any atom is 0.121 e. The Kier molecular flexibility index (Phi) is 1.72. The molecule has 1 saturated heterocycles. The van der Waals surface area contributed by atoms with Crippen molar-refractivity contribution in [3.63, 3.8) is 0 Å². The predicted octanol–water partition coefficient (Wildman–Crippen LogP) is 2.79. The zero-order valence-corrected chi connectivity index (χ0v) is 7.02. The van der Waals surface area contributed by atoms with Crippen LogP contribution in [-0.2, 0) is 4.74 Å². The molecule has 1 heteroatoms. The molecular formula is C10H14O. The van der Waals surface area contributed by atoms with Gasteiger partial charge < -0.3 is 4.74 Å². The minimum Gasteiger partial charge on any atom is -0.493 e. The van der Waals surface area contributed by atoms with E-state index in [0.717, 1.165) is 6.61 Å². The van der Waals surface area contributed by atoms with Crippen LogP contribution in [0.1, 0.15) is 32.6 Å². The average Bonchev–Trinajstić information content (AvgIpc) is 2.06. The van der Waals surface area contributed by atoms with Crippen molar-refractivity contribution in [3.8, 4) is 0 Å². The van der Waals surface area contributed by atoms with Gasteiger partial charge in [-0.3, -0.25) is 0 Å². The highest BCUT2D eigenvalue weighted by Gasteiger charge is 2.17. The van der Waals surface area contributed by atoms with E-state index in [1.165, 1.54) is 42.6 Å². The van der Waals surface area contributed by atoms with Crippen molar-refractivity contribution in [2.75, 3.05) is 6.61 Å². The van der Waals surface area contributed by atoms with Crippen LogP contribution in [0.5, 0.6) is 0 Å². The van der Waals surface area contributed by atoms with Crippen LogP contribution >= 0.6 is 0 Å². The Labute approximate surface area is 67.7 Å². The number of hydrogen-bond donors (Lipinski definition) is 0. The van der Waals surface area contributed by atoms with E-state index in [1.807, 2.05) is 0 Å². The van der Waals surface area contributed by atoms with Gasteiger partial charge in [-0.15, -0.1) is 0 Å². The minimum absolute atomic E-state index is 0.921. The van der Waals surface area contributed by atoms with Crippen LogP contribution in [0.15, 0.2) is 23.0 Å². The molecule has 60 valence electrons. The maximum atomic E-state index is 5.61. The Morgan fingerprint density at radius 1 is 1.36 bits per heavy atom. The van der Waals surface area contributed by atoms with E-state index in [0.29, 0.717) is 0 Å². The summed E-state index contributed by atoms with van der Waals surface area (Å²) in [5, 5.41) is 0. The number of allylic oxidation sites excluding steroid dienone is 3. The van der Waals surface area contributed by atoms with E-state index in [-0.39, 0.29) is 0 Å². The second-order valence-electron chi connectivity index (χ2n) is 3.33. The molecule has 2 aliphatic rings. The number of rotatable bonds is 0. The Morgan fingerprint density at radius 2 is 2.27 bits per heavy atom. The predicted molar refractivity (Wildman–Crippen MR) is 45.2 cm³/mol. The van der Waals surface area contributed by atoms with E-state index >= 15 is 0 Å². The molecule has 1 heterocycles. The summed E-state index contributed by atoms with van der Waals surface area (Å²) in [5.41, 5.74) is 2.90. The van der Waals surface area contributed by atoms with Crippen molar-refractivity contribution in [1.29, 1.82) is 0 Å². The molecule has 0 aromatic rings. The molecule has 0 amide bonds. The minimum atomic E-state index is 0.921. The van der Waals surface area contributed by atoms with Gasteiger partial charge >= 0.3 is 0 Å². The lowest BCUT2D eigenvalue weighted by molar-refractivity contribution is 0.188. The first kappa shape index (κ1) is 6.96. The van der Waals surface area contributed by atoms with Gasteiger partial charge in [0.2, 0.25) is 0 Å². The summed E-state index contributed by atoms with van der Waals surface area (Å²) in [7, 11) is 0. The first-order valence-corrected chi connectivity index (χ1v) is 4.40. The molecule has 0 atom stereocenters. The quantitative estimate of drug-likeness (QED) is 0.516. The Balaban J connectivity index is 2.29. The van der Waals surface area contributed by atoms with Gasteiger partial charge in [-0.2, -0.15) is 0 Å². The zero-order valence-electron chi connectivity index (χ0n) is 7.02. The van der Waals surface area contributed by atoms with Gasteiger partial charge in [0.25, 0.3) is 0 Å². The smallest absolute Gasteiger partial charge is 0.121 e. The van der Waals surface area contributed by atoms with E-state index < -0.39 is 0 Å². The van der Waals surface area contributed by atoms with Gasteiger partial charge in [-0.05, 0) is 43.8 Å². The van der Waals surface area contributed by atoms with Gasteiger partial charge in [0, 0.05) is 0 Å². The topological polar surface area (TPSA) is 9.23 Å². The molecule has 0 spiro atoms. The Hall–Kier alpha value is -0.720. The monoisotopic (exact) mass is 150 g/mol. The largest absolute Gasteiger partial charge is 0.493 e. The second kappa shape index (κ2) is 2.72. The van der Waals surface area contributed by atoms with Crippen molar-refractivity contribution in [3.05, 3.63) is 23.0 Å². The van der Waals surface area contributed by atoms with Crippen molar-refractivity contribution < 1.29 is 4.74 Å². The molecule has 2 rings (SSSR count). The highest BCUT2D eigenvalue weighted by Crippen LogP contribution is 2.31. The highest BCUT2D eigenvalue weighted by atomic mass is 16.5. The van der Waals surface area contributed by atoms with Crippen LogP contribution in [0, 0.1) is 0 Å². The number of fused-ring (bicyclic) bond motifs is 1. The van der Waals surface area contributed by atoms with Crippen LogP contribution in [0.2, 0.25) is 0 Å². The van der Waals surface area contributed by atoms with E-state index in [9.17, 15) is 0 Å². The van der Waals surface area contributed by atoms with Gasteiger partial charge in [-0.1, -0.05) is 6.08 Å². The average molecular weight is 150 g/mol. The standard InChI is InChI=1S/C10H14O/c1-8-4-2-5-9-6-3-7-11-10(8)9/h5H,2-4,6-7H2,1H3. The summed E-state index contributed by atoms with van der Waals surface area (Å²) in [6, 6.07) is 0. The summed E-state index contributed by atoms with van der Waals surface area (Å²) in [6.45, 7) is 3.11. The van der Waals surface area contributed by atoms with Crippen LogP contribution < -0.4 is 0 Å². The van der Waals surface area contributed by atoms with Crippen LogP contribution in [0.4, 0.5) is 0 Å². The third kappa shape index (κ3) is 1.20. The van der Waals surface area contributed by atoms with Gasteiger partial charge in [-0.25, -0.2) is 0 Å². The molecule has 1 aliphatic carbocycles. The molecule has 1 fully saturated rings. The van der Waals surface area contributed by atoms with Gasteiger partial charge in [0.15, 0.2) is 0 Å². The fourth-order valence-electron chi connectivity index (χ4n) is 1.81. The molecule has 0 bridgehead atoms. The Bertz CT molecular complexity index is 223. The molecule has 0 aromatic heterocycles. The van der Waals surface area contributed by atoms with Crippen molar-refractivity contribution >= 4 is 0 Å². The molecular weight excluding hydrogens is 136 g/mol. The van der Waals surface area contributed by atoms with Crippen molar-refractivity contribution in [1.82, 2.24) is 0 Å². The summed E-state index contributed by atoms with van der Waals surface area (Å²) in [6.07, 6.45) is 7.17. The normalized spacial score (nSPS) is 23.9. The highest BCUT2D eigenvalue weighted by molar-refractivity contribution is 5.34. The van der Waals surface area contributed by atoms with E-state index in [2.05, 4.69) is 13.0 Å². The molecule has 1 aliphatic heterocycles. The molecule has 0 unspecified atom stereocenters. The third-order valence-electron chi connectivity index (χ3n) is 2.43.